The predicted molar refractivity (Wildman–Crippen MR) is 126 cm³/mol. The highest BCUT2D eigenvalue weighted by Gasteiger charge is 2.30. The van der Waals surface area contributed by atoms with Crippen LogP contribution >= 0.6 is 11.3 Å². The van der Waals surface area contributed by atoms with E-state index in [-0.39, 0.29) is 23.4 Å². The minimum absolute atomic E-state index is 0.0199. The van der Waals surface area contributed by atoms with E-state index in [9.17, 15) is 19.5 Å². The van der Waals surface area contributed by atoms with E-state index in [2.05, 4.69) is 27.8 Å². The maximum Gasteiger partial charge on any atom is 0.413 e. The Bertz CT molecular complexity index is 1180. The van der Waals surface area contributed by atoms with E-state index < -0.39 is 30.1 Å². The summed E-state index contributed by atoms with van der Waals surface area (Å²) in [6.45, 7) is 1.68. The summed E-state index contributed by atoms with van der Waals surface area (Å²) in [5.74, 6) is -1.99. The number of amides is 2. The van der Waals surface area contributed by atoms with Gasteiger partial charge in [0.05, 0.1) is 6.10 Å². The zero-order chi connectivity index (χ0) is 24.2. The lowest BCUT2D eigenvalue weighted by Crippen LogP contribution is -2.48. The average Bonchev–Trinajstić information content (AvgIpc) is 3.43. The van der Waals surface area contributed by atoms with Gasteiger partial charge < -0.3 is 19.9 Å². The third-order valence-corrected chi connectivity index (χ3v) is 6.44. The molecule has 3 N–H and O–H groups in total. The Morgan fingerprint density at radius 2 is 1.71 bits per heavy atom. The number of carboxylic acids is 1. The molecule has 1 aliphatic rings. The molecule has 0 unspecified atom stereocenters. The highest BCUT2D eigenvalue weighted by atomic mass is 32.1. The second kappa shape index (κ2) is 10.0. The Balaban J connectivity index is 1.37. The Kier molecular flexibility index (Phi) is 6.90. The van der Waals surface area contributed by atoms with E-state index >= 15 is 0 Å². The molecule has 1 aliphatic carbocycles. The average molecular weight is 482 g/mol. The van der Waals surface area contributed by atoms with E-state index in [0.29, 0.717) is 0 Å². The summed E-state index contributed by atoms with van der Waals surface area (Å²) >= 11 is 1.03. The van der Waals surface area contributed by atoms with Crippen LogP contribution in [0.3, 0.4) is 0 Å². The fraction of sp³-hybridized carbons (Fsp3) is 0.250. The summed E-state index contributed by atoms with van der Waals surface area (Å²) in [6, 6.07) is 14.8. The van der Waals surface area contributed by atoms with Gasteiger partial charge >= 0.3 is 12.1 Å². The molecular weight excluding hydrogens is 458 g/mol. The summed E-state index contributed by atoms with van der Waals surface area (Å²) in [6.07, 6.45) is -1.43. The van der Waals surface area contributed by atoms with Gasteiger partial charge in [-0.25, -0.2) is 14.6 Å². The fourth-order valence-electron chi connectivity index (χ4n) is 3.89. The number of aromatic nitrogens is 1. The lowest BCUT2D eigenvalue weighted by atomic mass is 9.98. The maximum absolute atomic E-state index is 12.4. The molecule has 0 bridgehead atoms. The molecule has 3 aromatic rings. The first-order valence-electron chi connectivity index (χ1n) is 10.5. The van der Waals surface area contributed by atoms with Crippen molar-refractivity contribution in [3.63, 3.8) is 0 Å². The summed E-state index contributed by atoms with van der Waals surface area (Å²) < 4.78 is 10.5. The number of carboxylic acid groups (broad SMARTS) is 1. The van der Waals surface area contributed by atoms with Crippen LogP contribution in [0.25, 0.3) is 11.1 Å². The molecule has 0 radical (unpaired) electrons. The third-order valence-electron chi connectivity index (χ3n) is 5.68. The molecule has 9 nitrogen and oxygen atoms in total. The van der Waals surface area contributed by atoms with Gasteiger partial charge in [0.1, 0.15) is 12.3 Å². The molecular formula is C24H23N3O6S. The minimum Gasteiger partial charge on any atom is -0.480 e. The minimum atomic E-state index is -1.24. The molecule has 4 rings (SSSR count). The number of hydrogen-bond donors (Lipinski definition) is 3. The van der Waals surface area contributed by atoms with Crippen LogP contribution in [0.1, 0.15) is 34.5 Å². The van der Waals surface area contributed by atoms with Crippen molar-refractivity contribution < 1.29 is 29.0 Å². The van der Waals surface area contributed by atoms with Crippen molar-refractivity contribution in [3.05, 3.63) is 70.7 Å². The summed E-state index contributed by atoms with van der Waals surface area (Å²) in [5.41, 5.74) is 4.44. The first-order chi connectivity index (χ1) is 16.4. The number of fused-ring (bicyclic) bond motifs is 3. The second-order valence-electron chi connectivity index (χ2n) is 7.72. The third kappa shape index (κ3) is 4.78. The molecule has 0 saturated carbocycles. The topological polar surface area (TPSA) is 127 Å². The number of anilines is 1. The Morgan fingerprint density at radius 1 is 1.09 bits per heavy atom. The summed E-state index contributed by atoms with van der Waals surface area (Å²) in [4.78, 5) is 40.2. The Morgan fingerprint density at radius 3 is 2.29 bits per heavy atom. The first kappa shape index (κ1) is 23.4. The lowest BCUT2D eigenvalue weighted by Gasteiger charge is -2.19. The van der Waals surface area contributed by atoms with Crippen molar-refractivity contribution in [3.8, 4) is 11.1 Å². The molecule has 2 atom stereocenters. The van der Waals surface area contributed by atoms with Gasteiger partial charge in [-0.1, -0.05) is 48.5 Å². The maximum atomic E-state index is 12.4. The molecule has 0 spiro atoms. The smallest absolute Gasteiger partial charge is 0.413 e. The molecule has 0 saturated heterocycles. The van der Waals surface area contributed by atoms with Gasteiger partial charge in [-0.2, -0.15) is 0 Å². The van der Waals surface area contributed by atoms with Crippen LogP contribution in [0.4, 0.5) is 9.93 Å². The highest BCUT2D eigenvalue weighted by molar-refractivity contribution is 7.14. The summed E-state index contributed by atoms with van der Waals surface area (Å²) in [5, 5.41) is 15.8. The van der Waals surface area contributed by atoms with Crippen molar-refractivity contribution in [1.29, 1.82) is 0 Å². The number of carbonyl (C=O) groups is 3. The molecule has 1 aromatic heterocycles. The van der Waals surface area contributed by atoms with Gasteiger partial charge in [0.25, 0.3) is 5.91 Å². The highest BCUT2D eigenvalue weighted by Crippen LogP contribution is 2.44. The van der Waals surface area contributed by atoms with Crippen molar-refractivity contribution in [1.82, 2.24) is 10.3 Å². The largest absolute Gasteiger partial charge is 0.480 e. The van der Waals surface area contributed by atoms with Crippen LogP contribution in [0.15, 0.2) is 53.9 Å². The second-order valence-corrected chi connectivity index (χ2v) is 8.58. The van der Waals surface area contributed by atoms with Crippen LogP contribution in [-0.4, -0.2) is 53.9 Å². The van der Waals surface area contributed by atoms with Crippen LogP contribution in [0.2, 0.25) is 0 Å². The fourth-order valence-corrected chi connectivity index (χ4v) is 4.56. The van der Waals surface area contributed by atoms with Crippen molar-refractivity contribution in [2.24, 2.45) is 0 Å². The molecule has 2 aromatic carbocycles. The van der Waals surface area contributed by atoms with Crippen LogP contribution in [0, 0.1) is 0 Å². The Labute approximate surface area is 199 Å². The number of hydrogen-bond acceptors (Lipinski definition) is 7. The molecule has 34 heavy (non-hydrogen) atoms. The monoisotopic (exact) mass is 481 g/mol. The number of carbonyl (C=O) groups excluding carboxylic acids is 2. The normalized spacial score (nSPS) is 13.9. The molecule has 1 heterocycles. The van der Waals surface area contributed by atoms with Gasteiger partial charge in [-0.3, -0.25) is 10.1 Å². The molecule has 0 aliphatic heterocycles. The van der Waals surface area contributed by atoms with Crippen molar-refractivity contribution in [2.45, 2.75) is 25.0 Å². The summed E-state index contributed by atoms with van der Waals surface area (Å²) in [7, 11) is 1.35. The quantitative estimate of drug-likeness (QED) is 0.447. The number of nitrogens with one attached hydrogen (secondary N) is 2. The number of aliphatic carboxylic acids is 1. The predicted octanol–water partition coefficient (Wildman–Crippen LogP) is 3.72. The van der Waals surface area contributed by atoms with Crippen molar-refractivity contribution in [2.75, 3.05) is 19.0 Å². The van der Waals surface area contributed by atoms with Crippen LogP contribution in [0.5, 0.6) is 0 Å². The van der Waals surface area contributed by atoms with Gasteiger partial charge in [-0.15, -0.1) is 11.3 Å². The molecule has 2 amide bonds. The van der Waals surface area contributed by atoms with E-state index in [1.165, 1.54) is 19.4 Å². The van der Waals surface area contributed by atoms with E-state index in [4.69, 9.17) is 9.47 Å². The van der Waals surface area contributed by atoms with E-state index in [1.54, 1.807) is 0 Å². The SMILES string of the molecule is CO[C@H](C)[C@H](NC(=O)c1csc(NC(=O)OCC2c3ccccc3-c3ccccc32)n1)C(=O)O. The van der Waals surface area contributed by atoms with E-state index in [1.807, 2.05) is 36.4 Å². The van der Waals surface area contributed by atoms with Gasteiger partial charge in [0.2, 0.25) is 0 Å². The lowest BCUT2D eigenvalue weighted by molar-refractivity contribution is -0.142. The number of thiazole rings is 1. The molecule has 0 fully saturated rings. The van der Waals surface area contributed by atoms with Crippen molar-refractivity contribution >= 4 is 34.4 Å². The van der Waals surface area contributed by atoms with Gasteiger partial charge in [-0.05, 0) is 29.2 Å². The number of ether oxygens (including phenoxy) is 2. The zero-order valence-corrected chi connectivity index (χ0v) is 19.3. The van der Waals surface area contributed by atoms with Gasteiger partial charge in [0, 0.05) is 18.4 Å². The first-order valence-corrected chi connectivity index (χ1v) is 11.4. The van der Waals surface area contributed by atoms with Gasteiger partial charge in [0.15, 0.2) is 11.2 Å². The zero-order valence-electron chi connectivity index (χ0n) is 18.5. The number of rotatable bonds is 8. The number of benzene rings is 2. The van der Waals surface area contributed by atoms with Crippen LogP contribution in [-0.2, 0) is 14.3 Å². The number of methoxy groups -OCH3 is 1. The Hall–Kier alpha value is -3.76. The number of nitrogens with zero attached hydrogens (tertiary/aromatic N) is 1. The molecule has 10 heteroatoms. The van der Waals surface area contributed by atoms with E-state index in [0.717, 1.165) is 33.6 Å². The molecule has 176 valence electrons. The standard InChI is InChI=1S/C24H23N3O6S/c1-13(32-2)20(22(29)30)26-21(28)19-12-34-23(25-19)27-24(31)33-11-18-16-9-5-3-7-14(16)15-8-4-6-10-17(15)18/h3-10,12-13,18,20H,11H2,1-2H3,(H,26,28)(H,29,30)(H,25,27,31)/t13-,20+/m1/s1. The van der Waals surface area contributed by atoms with Crippen LogP contribution < -0.4 is 10.6 Å².